The highest BCUT2D eigenvalue weighted by molar-refractivity contribution is 7.89. The number of nitrogens with one attached hydrogen (secondary N) is 1. The lowest BCUT2D eigenvalue weighted by Crippen LogP contribution is -2.26. The van der Waals surface area contributed by atoms with E-state index in [4.69, 9.17) is 4.74 Å². The lowest BCUT2D eigenvalue weighted by atomic mass is 10.1. The zero-order valence-electron chi connectivity index (χ0n) is 18.6. The molecular weight excluding hydrogens is 426 g/mol. The fourth-order valence-electron chi connectivity index (χ4n) is 3.06. The summed E-state index contributed by atoms with van der Waals surface area (Å²) >= 11 is 0. The number of benzene rings is 2. The molecule has 1 aromatic heterocycles. The van der Waals surface area contributed by atoms with Gasteiger partial charge in [0, 0.05) is 44.2 Å². The maximum Gasteiger partial charge on any atom is 0.251 e. The van der Waals surface area contributed by atoms with Crippen molar-refractivity contribution >= 4 is 15.9 Å². The smallest absolute Gasteiger partial charge is 0.251 e. The van der Waals surface area contributed by atoms with Gasteiger partial charge in [0.2, 0.25) is 10.0 Å². The minimum atomic E-state index is -3.65. The van der Waals surface area contributed by atoms with Gasteiger partial charge in [0.15, 0.2) is 0 Å². The maximum atomic E-state index is 12.7. The van der Waals surface area contributed by atoms with Crippen LogP contribution in [0, 0.1) is 13.8 Å². The number of rotatable bonds is 8. The molecule has 0 fully saturated rings. The van der Waals surface area contributed by atoms with Crippen LogP contribution in [0.25, 0.3) is 0 Å². The van der Waals surface area contributed by atoms with E-state index in [1.54, 1.807) is 32.3 Å². The van der Waals surface area contributed by atoms with E-state index in [-0.39, 0.29) is 10.8 Å². The van der Waals surface area contributed by atoms with Crippen molar-refractivity contribution in [3.63, 3.8) is 0 Å². The molecule has 8 heteroatoms. The molecule has 0 bridgehead atoms. The summed E-state index contributed by atoms with van der Waals surface area (Å²) in [6.07, 6.45) is 3.47. The van der Waals surface area contributed by atoms with Crippen LogP contribution >= 0.6 is 0 Å². The van der Waals surface area contributed by atoms with E-state index in [9.17, 15) is 13.2 Å². The van der Waals surface area contributed by atoms with E-state index in [0.29, 0.717) is 24.3 Å². The van der Waals surface area contributed by atoms with Crippen molar-refractivity contribution in [2.45, 2.75) is 31.9 Å². The zero-order valence-corrected chi connectivity index (χ0v) is 19.4. The first-order valence-electron chi connectivity index (χ1n) is 10.1. The van der Waals surface area contributed by atoms with E-state index in [0.717, 1.165) is 26.7 Å². The molecule has 0 radical (unpaired) electrons. The Labute approximate surface area is 189 Å². The summed E-state index contributed by atoms with van der Waals surface area (Å²) in [5.41, 5.74) is 3.57. The lowest BCUT2D eigenvalue weighted by Gasteiger charge is -2.16. The largest absolute Gasteiger partial charge is 0.489 e. The number of nitrogens with zero attached hydrogens (tertiary/aromatic N) is 2. The van der Waals surface area contributed by atoms with Crippen LogP contribution in [0.2, 0.25) is 0 Å². The number of amides is 1. The quantitative estimate of drug-likeness (QED) is 0.564. The van der Waals surface area contributed by atoms with Crippen LogP contribution in [-0.2, 0) is 23.2 Å². The number of carbonyl (C=O) groups excluding carboxylic acids is 1. The molecule has 1 heterocycles. The summed E-state index contributed by atoms with van der Waals surface area (Å²) < 4.78 is 32.1. The molecule has 0 aliphatic heterocycles. The van der Waals surface area contributed by atoms with Crippen molar-refractivity contribution in [2.24, 2.45) is 0 Å². The van der Waals surface area contributed by atoms with Crippen molar-refractivity contribution in [3.05, 3.63) is 88.7 Å². The Morgan fingerprint density at radius 2 is 1.78 bits per heavy atom. The minimum Gasteiger partial charge on any atom is -0.489 e. The SMILES string of the molecule is Cc1cc(C(=O)NCc2ccc(OCc3cccnc3)cc2)cc(S(=O)(=O)N(C)C)c1C. The van der Waals surface area contributed by atoms with Crippen LogP contribution in [0.4, 0.5) is 0 Å². The molecule has 0 atom stereocenters. The van der Waals surface area contributed by atoms with E-state index >= 15 is 0 Å². The number of carbonyl (C=O) groups is 1. The predicted octanol–water partition coefficient (Wildman–Crippen LogP) is 3.46. The lowest BCUT2D eigenvalue weighted by molar-refractivity contribution is 0.0950. The first-order chi connectivity index (χ1) is 15.2. The van der Waals surface area contributed by atoms with Crippen molar-refractivity contribution in [1.82, 2.24) is 14.6 Å². The molecule has 2 aromatic carbocycles. The molecule has 0 saturated carbocycles. The second kappa shape index (κ2) is 9.93. The van der Waals surface area contributed by atoms with Gasteiger partial charge in [-0.1, -0.05) is 18.2 Å². The Morgan fingerprint density at radius 3 is 2.41 bits per heavy atom. The molecule has 32 heavy (non-hydrogen) atoms. The number of aromatic nitrogens is 1. The predicted molar refractivity (Wildman–Crippen MR) is 123 cm³/mol. The van der Waals surface area contributed by atoms with Gasteiger partial charge in [0.05, 0.1) is 4.90 Å². The molecule has 168 valence electrons. The molecule has 0 aliphatic carbocycles. The van der Waals surface area contributed by atoms with Gasteiger partial charge in [-0.25, -0.2) is 12.7 Å². The highest BCUT2D eigenvalue weighted by Crippen LogP contribution is 2.23. The third-order valence-electron chi connectivity index (χ3n) is 5.15. The summed E-state index contributed by atoms with van der Waals surface area (Å²) in [5.74, 6) is 0.386. The number of ether oxygens (including phenoxy) is 1. The first kappa shape index (κ1) is 23.4. The zero-order chi connectivity index (χ0) is 23.3. The average Bonchev–Trinajstić information content (AvgIpc) is 2.78. The fraction of sp³-hybridized carbons (Fsp3) is 0.250. The summed E-state index contributed by atoms with van der Waals surface area (Å²) in [5, 5.41) is 2.85. The van der Waals surface area contributed by atoms with Gasteiger partial charge >= 0.3 is 0 Å². The van der Waals surface area contributed by atoms with Gasteiger partial charge in [-0.2, -0.15) is 0 Å². The Morgan fingerprint density at radius 1 is 1.06 bits per heavy atom. The third-order valence-corrected chi connectivity index (χ3v) is 7.09. The molecule has 0 spiro atoms. The molecule has 0 aliphatic rings. The second-order valence-electron chi connectivity index (χ2n) is 7.68. The Kier molecular flexibility index (Phi) is 7.27. The summed E-state index contributed by atoms with van der Waals surface area (Å²) in [6, 6.07) is 14.4. The number of aryl methyl sites for hydroxylation is 1. The monoisotopic (exact) mass is 453 g/mol. The maximum absolute atomic E-state index is 12.7. The Bertz CT molecular complexity index is 1190. The molecule has 3 rings (SSSR count). The van der Waals surface area contributed by atoms with Crippen LogP contribution in [0.15, 0.2) is 65.8 Å². The van der Waals surface area contributed by atoms with Crippen molar-refractivity contribution in [2.75, 3.05) is 14.1 Å². The Balaban J connectivity index is 1.65. The minimum absolute atomic E-state index is 0.141. The molecular formula is C24H27N3O4S. The standard InChI is InChI=1S/C24H27N3O4S/c1-17-12-21(13-23(18(17)2)32(29,30)27(3)4)24(28)26-15-19-7-9-22(10-8-19)31-16-20-6-5-11-25-14-20/h5-14H,15-16H2,1-4H3,(H,26,28). The second-order valence-corrected chi connectivity index (χ2v) is 9.80. The number of hydrogen-bond acceptors (Lipinski definition) is 5. The van der Waals surface area contributed by atoms with Crippen LogP contribution in [-0.4, -0.2) is 37.7 Å². The van der Waals surface area contributed by atoms with E-state index in [1.807, 2.05) is 36.4 Å². The van der Waals surface area contributed by atoms with Crippen LogP contribution in [0.5, 0.6) is 5.75 Å². The summed E-state index contributed by atoms with van der Waals surface area (Å²) in [6.45, 7) is 4.27. The normalized spacial score (nSPS) is 11.4. The van der Waals surface area contributed by atoms with Crippen LogP contribution in [0.3, 0.4) is 0 Å². The molecule has 0 saturated heterocycles. The highest BCUT2D eigenvalue weighted by Gasteiger charge is 2.22. The van der Waals surface area contributed by atoms with Crippen molar-refractivity contribution < 1.29 is 17.9 Å². The highest BCUT2D eigenvalue weighted by atomic mass is 32.2. The number of sulfonamides is 1. The molecule has 0 unspecified atom stereocenters. The van der Waals surface area contributed by atoms with E-state index in [2.05, 4.69) is 10.3 Å². The summed E-state index contributed by atoms with van der Waals surface area (Å²) in [4.78, 5) is 16.9. The summed E-state index contributed by atoms with van der Waals surface area (Å²) in [7, 11) is -0.702. The average molecular weight is 454 g/mol. The molecule has 1 N–H and O–H groups in total. The van der Waals surface area contributed by atoms with E-state index < -0.39 is 10.0 Å². The Hall–Kier alpha value is -3.23. The van der Waals surface area contributed by atoms with Crippen molar-refractivity contribution in [1.29, 1.82) is 0 Å². The van der Waals surface area contributed by atoms with Crippen molar-refractivity contribution in [3.8, 4) is 5.75 Å². The number of pyridine rings is 1. The van der Waals surface area contributed by atoms with Gasteiger partial charge in [-0.15, -0.1) is 0 Å². The molecule has 7 nitrogen and oxygen atoms in total. The van der Waals surface area contributed by atoms with Gasteiger partial charge in [-0.3, -0.25) is 9.78 Å². The van der Waals surface area contributed by atoms with E-state index in [1.165, 1.54) is 20.2 Å². The van der Waals surface area contributed by atoms with Gasteiger partial charge < -0.3 is 10.1 Å². The molecule has 3 aromatic rings. The van der Waals surface area contributed by atoms with Gasteiger partial charge in [0.1, 0.15) is 12.4 Å². The van der Waals surface area contributed by atoms with Gasteiger partial charge in [0.25, 0.3) is 5.91 Å². The first-order valence-corrected chi connectivity index (χ1v) is 11.5. The van der Waals surface area contributed by atoms with Crippen LogP contribution < -0.4 is 10.1 Å². The topological polar surface area (TPSA) is 88.6 Å². The molecule has 1 amide bonds. The fourth-order valence-corrected chi connectivity index (χ4v) is 4.28. The van der Waals surface area contributed by atoms with Crippen LogP contribution in [0.1, 0.15) is 32.6 Å². The number of hydrogen-bond donors (Lipinski definition) is 1. The third kappa shape index (κ3) is 5.52. The van der Waals surface area contributed by atoms with Gasteiger partial charge in [-0.05, 0) is 60.9 Å².